The summed E-state index contributed by atoms with van der Waals surface area (Å²) in [6, 6.07) is 0.424. The van der Waals surface area contributed by atoms with E-state index in [0.717, 1.165) is 25.7 Å². The molecule has 0 unspecified atom stereocenters. The van der Waals surface area contributed by atoms with Crippen LogP contribution in [-0.4, -0.2) is 39.3 Å². The van der Waals surface area contributed by atoms with Crippen LogP contribution in [0.25, 0.3) is 10.9 Å². The molecule has 0 amide bonds. The fourth-order valence-electron chi connectivity index (χ4n) is 2.35. The average Bonchev–Trinajstić information content (AvgIpc) is 3.45. The third-order valence-electron chi connectivity index (χ3n) is 4.34. The zero-order valence-electron chi connectivity index (χ0n) is 12.4. The van der Waals surface area contributed by atoms with Gasteiger partial charge < -0.3 is 15.2 Å². The Morgan fingerprint density at radius 2 is 2.17 bits per heavy atom. The van der Waals surface area contributed by atoms with E-state index in [1.165, 1.54) is 6.20 Å². The summed E-state index contributed by atoms with van der Waals surface area (Å²) in [5.74, 6) is -0.178. The van der Waals surface area contributed by atoms with Gasteiger partial charge in [0.2, 0.25) is 0 Å². The highest BCUT2D eigenvalue weighted by molar-refractivity contribution is 6.30. The number of ether oxygens (including phenoxy) is 1. The van der Waals surface area contributed by atoms with E-state index in [4.69, 9.17) is 16.3 Å². The van der Waals surface area contributed by atoms with Crippen molar-refractivity contribution in [1.82, 2.24) is 15.0 Å². The third-order valence-corrected chi connectivity index (χ3v) is 4.60. The van der Waals surface area contributed by atoms with Gasteiger partial charge in [0.15, 0.2) is 11.0 Å². The van der Waals surface area contributed by atoms with Crippen LogP contribution in [0.3, 0.4) is 0 Å². The topological polar surface area (TPSA) is 80.2 Å². The minimum atomic E-state index is -0.682. The van der Waals surface area contributed by atoms with Crippen molar-refractivity contribution >= 4 is 28.3 Å². The number of rotatable bonds is 6. The predicted octanol–water partition coefficient (Wildman–Crippen LogP) is 2.54. The molecule has 2 saturated carbocycles. The lowest BCUT2D eigenvalue weighted by atomic mass is 10.1. The Hall–Kier alpha value is -1.73. The number of pyridine rings is 1. The summed E-state index contributed by atoms with van der Waals surface area (Å²) in [5.41, 5.74) is -0.108. The molecule has 8 heteroatoms. The molecule has 2 aromatic rings. The van der Waals surface area contributed by atoms with Crippen LogP contribution in [0.5, 0.6) is 6.01 Å². The number of nitrogens with zero attached hydrogens (tertiary/aromatic N) is 3. The summed E-state index contributed by atoms with van der Waals surface area (Å²) in [7, 11) is 0. The first-order valence-electron chi connectivity index (χ1n) is 7.62. The largest absolute Gasteiger partial charge is 0.463 e. The molecule has 0 aliphatic heterocycles. The predicted molar refractivity (Wildman–Crippen MR) is 83.2 cm³/mol. The van der Waals surface area contributed by atoms with Gasteiger partial charge in [0.05, 0.1) is 18.6 Å². The SMILES string of the molecule is OCC1(COc2nc(NC3CC3)c3cnc(Cl)c(F)c3n2)CC1. The van der Waals surface area contributed by atoms with Crippen molar-refractivity contribution in [1.29, 1.82) is 0 Å². The van der Waals surface area contributed by atoms with Gasteiger partial charge in [-0.2, -0.15) is 9.97 Å². The van der Waals surface area contributed by atoms with E-state index >= 15 is 0 Å². The van der Waals surface area contributed by atoms with Crippen LogP contribution in [-0.2, 0) is 0 Å². The molecule has 2 fully saturated rings. The Labute approximate surface area is 137 Å². The molecule has 2 N–H and O–H groups in total. The zero-order valence-corrected chi connectivity index (χ0v) is 13.1. The number of anilines is 1. The highest BCUT2D eigenvalue weighted by atomic mass is 35.5. The van der Waals surface area contributed by atoms with Gasteiger partial charge in [-0.1, -0.05) is 11.6 Å². The van der Waals surface area contributed by atoms with E-state index in [0.29, 0.717) is 23.9 Å². The van der Waals surface area contributed by atoms with E-state index in [1.54, 1.807) is 0 Å². The fraction of sp³-hybridized carbons (Fsp3) is 0.533. The molecule has 23 heavy (non-hydrogen) atoms. The number of aliphatic hydroxyl groups is 1. The van der Waals surface area contributed by atoms with Crippen molar-refractivity contribution in [2.75, 3.05) is 18.5 Å². The summed E-state index contributed by atoms with van der Waals surface area (Å²) >= 11 is 5.75. The lowest BCUT2D eigenvalue weighted by molar-refractivity contribution is 0.140. The third kappa shape index (κ3) is 2.90. The van der Waals surface area contributed by atoms with Crippen molar-refractivity contribution < 1.29 is 14.2 Å². The molecule has 2 aromatic heterocycles. The first kappa shape index (κ1) is 14.8. The fourth-order valence-corrected chi connectivity index (χ4v) is 2.49. The van der Waals surface area contributed by atoms with Gasteiger partial charge in [-0.15, -0.1) is 0 Å². The minimum Gasteiger partial charge on any atom is -0.463 e. The van der Waals surface area contributed by atoms with Crippen LogP contribution in [0.15, 0.2) is 6.20 Å². The number of hydrogen-bond donors (Lipinski definition) is 2. The highest BCUT2D eigenvalue weighted by Crippen LogP contribution is 2.45. The summed E-state index contributed by atoms with van der Waals surface area (Å²) < 4.78 is 19.9. The first-order chi connectivity index (χ1) is 11.1. The molecule has 122 valence electrons. The summed E-state index contributed by atoms with van der Waals surface area (Å²) in [5, 5.41) is 12.8. The van der Waals surface area contributed by atoms with E-state index in [1.807, 2.05) is 0 Å². The Balaban J connectivity index is 1.70. The van der Waals surface area contributed by atoms with Gasteiger partial charge in [-0.05, 0) is 25.7 Å². The van der Waals surface area contributed by atoms with Gasteiger partial charge in [0.1, 0.15) is 11.3 Å². The number of fused-ring (bicyclic) bond motifs is 1. The smallest absolute Gasteiger partial charge is 0.319 e. The van der Waals surface area contributed by atoms with E-state index < -0.39 is 5.82 Å². The quantitative estimate of drug-likeness (QED) is 0.788. The molecule has 2 heterocycles. The second-order valence-corrected chi connectivity index (χ2v) is 6.70. The van der Waals surface area contributed by atoms with Crippen LogP contribution < -0.4 is 10.1 Å². The molecule has 6 nitrogen and oxygen atoms in total. The normalized spacial score (nSPS) is 18.9. The van der Waals surface area contributed by atoms with Crippen molar-refractivity contribution in [2.24, 2.45) is 5.41 Å². The molecule has 0 saturated heterocycles. The Morgan fingerprint density at radius 3 is 2.83 bits per heavy atom. The zero-order chi connectivity index (χ0) is 16.0. The molecular weight excluding hydrogens is 323 g/mol. The van der Waals surface area contributed by atoms with Crippen LogP contribution in [0.1, 0.15) is 25.7 Å². The van der Waals surface area contributed by atoms with Crippen molar-refractivity contribution in [2.45, 2.75) is 31.7 Å². The second kappa shape index (κ2) is 5.42. The number of nitrogens with one attached hydrogen (secondary N) is 1. The van der Waals surface area contributed by atoms with Gasteiger partial charge >= 0.3 is 6.01 Å². The van der Waals surface area contributed by atoms with Gasteiger partial charge in [0, 0.05) is 17.7 Å². The number of halogens is 2. The van der Waals surface area contributed by atoms with E-state index in [9.17, 15) is 9.50 Å². The van der Waals surface area contributed by atoms with Gasteiger partial charge in [-0.25, -0.2) is 9.37 Å². The number of hydrogen-bond acceptors (Lipinski definition) is 6. The van der Waals surface area contributed by atoms with Crippen LogP contribution in [0.4, 0.5) is 10.2 Å². The standard InChI is InChI=1S/C15H16ClFN4O2/c16-12-10(17)11-9(5-18-12)13(19-8-1-2-8)21-14(20-11)23-7-15(6-22)3-4-15/h5,8,22H,1-4,6-7H2,(H,19,20,21). The molecule has 2 aliphatic rings. The number of aromatic nitrogens is 3. The van der Waals surface area contributed by atoms with Gasteiger partial charge in [-0.3, -0.25) is 0 Å². The van der Waals surface area contributed by atoms with Crippen molar-refractivity contribution in [3.05, 3.63) is 17.2 Å². The highest BCUT2D eigenvalue weighted by Gasteiger charge is 2.43. The number of aliphatic hydroxyl groups excluding tert-OH is 1. The molecule has 0 bridgehead atoms. The van der Waals surface area contributed by atoms with Crippen LogP contribution >= 0.6 is 11.6 Å². The molecule has 0 spiro atoms. The first-order valence-corrected chi connectivity index (χ1v) is 8.00. The minimum absolute atomic E-state index is 0.0673. The summed E-state index contributed by atoms with van der Waals surface area (Å²) in [4.78, 5) is 12.3. The maximum absolute atomic E-state index is 14.3. The Bertz CT molecular complexity index is 765. The Morgan fingerprint density at radius 1 is 1.39 bits per heavy atom. The second-order valence-electron chi connectivity index (χ2n) is 6.35. The average molecular weight is 339 g/mol. The lowest BCUT2D eigenvalue weighted by Gasteiger charge is -2.14. The maximum atomic E-state index is 14.3. The molecule has 0 aromatic carbocycles. The maximum Gasteiger partial charge on any atom is 0.319 e. The molecule has 4 rings (SSSR count). The monoisotopic (exact) mass is 338 g/mol. The summed E-state index contributed by atoms with van der Waals surface area (Å²) in [6.07, 6.45) is 5.39. The van der Waals surface area contributed by atoms with E-state index in [2.05, 4.69) is 20.3 Å². The molecule has 0 radical (unpaired) electrons. The lowest BCUT2D eigenvalue weighted by Crippen LogP contribution is -2.18. The van der Waals surface area contributed by atoms with Crippen LogP contribution in [0.2, 0.25) is 5.15 Å². The molecule has 2 aliphatic carbocycles. The van der Waals surface area contributed by atoms with Crippen molar-refractivity contribution in [3.8, 4) is 6.01 Å². The van der Waals surface area contributed by atoms with Crippen molar-refractivity contribution in [3.63, 3.8) is 0 Å². The molecular formula is C15H16ClFN4O2. The van der Waals surface area contributed by atoms with E-state index in [-0.39, 0.29) is 28.7 Å². The summed E-state index contributed by atoms with van der Waals surface area (Å²) in [6.45, 7) is 0.385. The van der Waals surface area contributed by atoms with Crippen LogP contribution in [0, 0.1) is 11.2 Å². The van der Waals surface area contributed by atoms with Gasteiger partial charge in [0.25, 0.3) is 0 Å². The Kier molecular flexibility index (Phi) is 3.50. The molecule has 0 atom stereocenters.